The number of hydrogen-bond donors (Lipinski definition) is 1. The molecule has 1 aromatic carbocycles. The van der Waals surface area contributed by atoms with Crippen LogP contribution in [0.4, 0.5) is 4.39 Å². The van der Waals surface area contributed by atoms with E-state index in [1.165, 1.54) is 23.9 Å². The standard InChI is InChI=1S/C14H14FN5OS/c1-8(2)12-17-14(19-18-12)22-7-11-16-13(20-21-11)9-3-5-10(15)6-4-9/h3-6,8H,7H2,1-2H3,(H,17,18,19). The molecule has 6 nitrogen and oxygen atoms in total. The maximum atomic E-state index is 12.9. The van der Waals surface area contributed by atoms with E-state index < -0.39 is 0 Å². The fourth-order valence-electron chi connectivity index (χ4n) is 1.74. The van der Waals surface area contributed by atoms with Crippen LogP contribution in [0.5, 0.6) is 0 Å². The average molecular weight is 319 g/mol. The van der Waals surface area contributed by atoms with Gasteiger partial charge in [-0.2, -0.15) is 4.98 Å². The van der Waals surface area contributed by atoms with Crippen LogP contribution in [0.2, 0.25) is 0 Å². The summed E-state index contributed by atoms with van der Waals surface area (Å²) in [6.45, 7) is 4.09. The molecule has 3 rings (SSSR count). The Labute approximate surface area is 130 Å². The second-order valence-electron chi connectivity index (χ2n) is 4.97. The van der Waals surface area contributed by atoms with E-state index >= 15 is 0 Å². The first-order valence-corrected chi connectivity index (χ1v) is 7.74. The summed E-state index contributed by atoms with van der Waals surface area (Å²) in [5.41, 5.74) is 0.710. The molecule has 2 aromatic heterocycles. The lowest BCUT2D eigenvalue weighted by molar-refractivity contribution is 0.391. The summed E-state index contributed by atoms with van der Waals surface area (Å²) in [7, 11) is 0. The molecule has 3 aromatic rings. The third-order valence-electron chi connectivity index (χ3n) is 2.92. The van der Waals surface area contributed by atoms with Gasteiger partial charge in [-0.3, -0.25) is 5.10 Å². The summed E-state index contributed by atoms with van der Waals surface area (Å²) in [6.07, 6.45) is 0. The van der Waals surface area contributed by atoms with Crippen molar-refractivity contribution in [2.75, 3.05) is 0 Å². The Balaban J connectivity index is 1.65. The van der Waals surface area contributed by atoms with Gasteiger partial charge in [0.1, 0.15) is 11.6 Å². The van der Waals surface area contributed by atoms with Crippen molar-refractivity contribution in [3.8, 4) is 11.4 Å². The Morgan fingerprint density at radius 2 is 2.00 bits per heavy atom. The zero-order chi connectivity index (χ0) is 15.5. The van der Waals surface area contributed by atoms with Crippen molar-refractivity contribution in [2.24, 2.45) is 0 Å². The van der Waals surface area contributed by atoms with E-state index in [-0.39, 0.29) is 5.82 Å². The number of thioether (sulfide) groups is 1. The topological polar surface area (TPSA) is 80.5 Å². The van der Waals surface area contributed by atoms with Gasteiger partial charge in [-0.15, -0.1) is 5.10 Å². The smallest absolute Gasteiger partial charge is 0.237 e. The lowest BCUT2D eigenvalue weighted by Gasteiger charge is -1.95. The lowest BCUT2D eigenvalue weighted by atomic mass is 10.2. The first-order valence-electron chi connectivity index (χ1n) is 6.75. The second-order valence-corrected chi connectivity index (χ2v) is 5.91. The number of nitrogens with zero attached hydrogens (tertiary/aromatic N) is 4. The summed E-state index contributed by atoms with van der Waals surface area (Å²) < 4.78 is 18.1. The third-order valence-corrected chi connectivity index (χ3v) is 3.76. The van der Waals surface area contributed by atoms with Gasteiger partial charge in [-0.25, -0.2) is 9.37 Å². The molecular formula is C14H14FN5OS. The molecule has 0 aliphatic carbocycles. The van der Waals surface area contributed by atoms with Crippen LogP contribution in [0.25, 0.3) is 11.4 Å². The van der Waals surface area contributed by atoms with Crippen LogP contribution >= 0.6 is 11.8 Å². The van der Waals surface area contributed by atoms with Crippen LogP contribution in [0.1, 0.15) is 31.5 Å². The maximum absolute atomic E-state index is 12.9. The van der Waals surface area contributed by atoms with Crippen molar-refractivity contribution in [3.63, 3.8) is 0 Å². The molecule has 114 valence electrons. The van der Waals surface area contributed by atoms with E-state index in [1.807, 2.05) is 13.8 Å². The summed E-state index contributed by atoms with van der Waals surface area (Å²) >= 11 is 1.41. The Morgan fingerprint density at radius 1 is 1.23 bits per heavy atom. The fourth-order valence-corrected chi connectivity index (χ4v) is 2.38. The minimum absolute atomic E-state index is 0.298. The zero-order valence-electron chi connectivity index (χ0n) is 12.1. The molecule has 0 saturated heterocycles. The lowest BCUT2D eigenvalue weighted by Crippen LogP contribution is -1.89. The predicted molar refractivity (Wildman–Crippen MR) is 79.7 cm³/mol. The van der Waals surface area contributed by atoms with Crippen LogP contribution in [0.3, 0.4) is 0 Å². The van der Waals surface area contributed by atoms with E-state index in [2.05, 4.69) is 25.3 Å². The summed E-state index contributed by atoms with van der Waals surface area (Å²) in [5, 5.41) is 11.6. The molecule has 22 heavy (non-hydrogen) atoms. The minimum atomic E-state index is -0.298. The van der Waals surface area contributed by atoms with Crippen molar-refractivity contribution in [1.29, 1.82) is 0 Å². The normalized spacial score (nSPS) is 11.3. The monoisotopic (exact) mass is 319 g/mol. The van der Waals surface area contributed by atoms with Crippen LogP contribution in [-0.2, 0) is 5.75 Å². The number of nitrogens with one attached hydrogen (secondary N) is 1. The van der Waals surface area contributed by atoms with Crippen molar-refractivity contribution >= 4 is 11.8 Å². The van der Waals surface area contributed by atoms with Gasteiger partial charge >= 0.3 is 0 Å². The fraction of sp³-hybridized carbons (Fsp3) is 0.286. The van der Waals surface area contributed by atoms with E-state index in [0.717, 1.165) is 5.82 Å². The third kappa shape index (κ3) is 3.33. The summed E-state index contributed by atoms with van der Waals surface area (Å²) in [4.78, 5) is 8.64. The van der Waals surface area contributed by atoms with Crippen LogP contribution in [0.15, 0.2) is 33.9 Å². The van der Waals surface area contributed by atoms with Gasteiger partial charge < -0.3 is 4.52 Å². The Bertz CT molecular complexity index is 753. The van der Waals surface area contributed by atoms with Gasteiger partial charge in [-0.1, -0.05) is 30.8 Å². The molecule has 0 spiro atoms. The molecule has 0 bridgehead atoms. The zero-order valence-corrected chi connectivity index (χ0v) is 12.9. The Kier molecular flexibility index (Phi) is 4.19. The maximum Gasteiger partial charge on any atom is 0.237 e. The number of aromatic amines is 1. The SMILES string of the molecule is CC(C)c1nc(SCc2nc(-c3ccc(F)cc3)no2)n[nH]1. The molecule has 1 N–H and O–H groups in total. The molecule has 0 atom stereocenters. The van der Waals surface area contributed by atoms with E-state index in [1.54, 1.807) is 12.1 Å². The van der Waals surface area contributed by atoms with Gasteiger partial charge in [-0.05, 0) is 24.3 Å². The number of rotatable bonds is 5. The quantitative estimate of drug-likeness (QED) is 0.726. The number of H-pyrrole nitrogens is 1. The van der Waals surface area contributed by atoms with E-state index in [0.29, 0.717) is 34.1 Å². The molecule has 0 fully saturated rings. The van der Waals surface area contributed by atoms with Gasteiger partial charge in [0, 0.05) is 11.5 Å². The number of hydrogen-bond acceptors (Lipinski definition) is 6. The molecule has 2 heterocycles. The van der Waals surface area contributed by atoms with Gasteiger partial charge in [0.05, 0.1) is 5.75 Å². The largest absolute Gasteiger partial charge is 0.338 e. The molecule has 0 aliphatic heterocycles. The summed E-state index contributed by atoms with van der Waals surface area (Å²) in [5.74, 6) is 2.24. The molecule has 0 unspecified atom stereocenters. The van der Waals surface area contributed by atoms with Crippen molar-refractivity contribution in [1.82, 2.24) is 25.3 Å². The number of aromatic nitrogens is 5. The molecule has 8 heteroatoms. The van der Waals surface area contributed by atoms with Crippen LogP contribution in [-0.4, -0.2) is 25.3 Å². The predicted octanol–water partition coefficient (Wildman–Crippen LogP) is 3.41. The second kappa shape index (κ2) is 6.27. The molecule has 0 aliphatic rings. The van der Waals surface area contributed by atoms with Gasteiger partial charge in [0.25, 0.3) is 0 Å². The minimum Gasteiger partial charge on any atom is -0.338 e. The van der Waals surface area contributed by atoms with Gasteiger partial charge in [0.15, 0.2) is 0 Å². The number of halogens is 1. The number of benzene rings is 1. The van der Waals surface area contributed by atoms with Crippen molar-refractivity contribution in [3.05, 3.63) is 41.8 Å². The van der Waals surface area contributed by atoms with Crippen molar-refractivity contribution < 1.29 is 8.91 Å². The molecular weight excluding hydrogens is 305 g/mol. The Morgan fingerprint density at radius 3 is 2.68 bits per heavy atom. The summed E-state index contributed by atoms with van der Waals surface area (Å²) in [6, 6.07) is 5.95. The first kappa shape index (κ1) is 14.7. The van der Waals surface area contributed by atoms with Gasteiger partial charge in [0.2, 0.25) is 16.9 Å². The Hall–Kier alpha value is -2.22. The average Bonchev–Trinajstić information content (AvgIpc) is 3.15. The highest BCUT2D eigenvalue weighted by Gasteiger charge is 2.12. The first-order chi connectivity index (χ1) is 10.6. The van der Waals surface area contributed by atoms with E-state index in [4.69, 9.17) is 4.52 Å². The molecule has 0 amide bonds. The molecule has 0 saturated carbocycles. The highest BCUT2D eigenvalue weighted by atomic mass is 32.2. The highest BCUT2D eigenvalue weighted by molar-refractivity contribution is 7.98. The van der Waals surface area contributed by atoms with E-state index in [9.17, 15) is 4.39 Å². The molecule has 0 radical (unpaired) electrons. The highest BCUT2D eigenvalue weighted by Crippen LogP contribution is 2.22. The van der Waals surface area contributed by atoms with Crippen LogP contribution < -0.4 is 0 Å². The van der Waals surface area contributed by atoms with Crippen molar-refractivity contribution in [2.45, 2.75) is 30.7 Å². The van der Waals surface area contributed by atoms with Crippen LogP contribution in [0, 0.1) is 5.82 Å².